The van der Waals surface area contributed by atoms with E-state index < -0.39 is 12.4 Å². The molecule has 1 rings (SSSR count). The van der Waals surface area contributed by atoms with Gasteiger partial charge in [-0.15, -0.1) is 5.46 Å². The molecule has 0 N–H and O–H groups in total. The molecule has 0 saturated heterocycles. The molecule has 0 fully saturated rings. The van der Waals surface area contributed by atoms with Gasteiger partial charge in [-0.05, 0) is 6.07 Å². The third kappa shape index (κ3) is 4.68. The maximum absolute atomic E-state index is 12.1. The normalized spacial score (nSPS) is 10.8. The Morgan fingerprint density at radius 2 is 1.69 bits per heavy atom. The molecule has 0 spiro atoms. The fourth-order valence-electron chi connectivity index (χ4n) is 0.764. The summed E-state index contributed by atoms with van der Waals surface area (Å²) < 4.78 is 36.7. The Morgan fingerprint density at radius 3 is 2.08 bits per heavy atom. The largest absolute Gasteiger partial charge is 1.00 e. The van der Waals surface area contributed by atoms with Crippen LogP contribution in [-0.2, 0) is 0 Å². The first-order valence-electron chi connectivity index (χ1n) is 3.05. The van der Waals surface area contributed by atoms with Crippen LogP contribution in [0.25, 0.3) is 0 Å². The fraction of sp³-hybridized carbons (Fsp3) is 0. The number of halogens is 5. The molecule has 1 aromatic carbocycles. The Labute approximate surface area is 130 Å². The van der Waals surface area contributed by atoms with E-state index in [4.69, 9.17) is 11.6 Å². The van der Waals surface area contributed by atoms with Gasteiger partial charge in [-0.3, -0.25) is 0 Å². The first kappa shape index (κ1) is 14.5. The van der Waals surface area contributed by atoms with Gasteiger partial charge in [-0.1, -0.05) is 39.7 Å². The van der Waals surface area contributed by atoms with Gasteiger partial charge in [-0.2, -0.15) is 0 Å². The molecule has 1 aromatic rings. The minimum absolute atomic E-state index is 0. The van der Waals surface area contributed by atoms with Gasteiger partial charge in [-0.25, -0.2) is 0 Å². The van der Waals surface area contributed by atoms with Crippen molar-refractivity contribution in [1.82, 2.24) is 0 Å². The molecule has 66 valence electrons. The summed E-state index contributed by atoms with van der Waals surface area (Å²) in [6.45, 7) is -4.96. The van der Waals surface area contributed by atoms with E-state index in [0.29, 0.717) is 4.47 Å². The Hall–Kier alpha value is 1.48. The van der Waals surface area contributed by atoms with Crippen molar-refractivity contribution in [2.45, 2.75) is 0 Å². The molecule has 0 aliphatic carbocycles. The molecule has 0 aromatic heterocycles. The van der Waals surface area contributed by atoms with Crippen LogP contribution in [0.1, 0.15) is 0 Å². The second kappa shape index (κ2) is 5.53. The van der Waals surface area contributed by atoms with Crippen molar-refractivity contribution in [1.29, 1.82) is 0 Å². The van der Waals surface area contributed by atoms with Crippen LogP contribution in [0.15, 0.2) is 22.7 Å². The molecular formula is C6H3BBrClF3K. The number of benzene rings is 1. The molecule has 0 bridgehead atoms. The molecule has 0 aliphatic rings. The van der Waals surface area contributed by atoms with E-state index in [-0.39, 0.29) is 56.4 Å². The minimum atomic E-state index is -4.96. The molecule has 0 saturated carbocycles. The molecule has 0 atom stereocenters. The maximum atomic E-state index is 12.1. The van der Waals surface area contributed by atoms with E-state index in [9.17, 15) is 12.9 Å². The SMILES string of the molecule is F[B-](F)(F)c1cc(Cl)cc(Br)c1.[K+]. The number of hydrogen-bond donors (Lipinski definition) is 0. The van der Waals surface area contributed by atoms with E-state index in [1.807, 2.05) is 0 Å². The molecule has 0 nitrogen and oxygen atoms in total. The van der Waals surface area contributed by atoms with E-state index in [1.165, 1.54) is 6.07 Å². The van der Waals surface area contributed by atoms with Gasteiger partial charge in [0, 0.05) is 9.50 Å². The minimum Gasteiger partial charge on any atom is -0.445 e. The summed E-state index contributed by atoms with van der Waals surface area (Å²) in [5, 5.41) is 0.0820. The van der Waals surface area contributed by atoms with Crippen LogP contribution in [0.5, 0.6) is 0 Å². The van der Waals surface area contributed by atoms with Gasteiger partial charge in [0.2, 0.25) is 0 Å². The monoisotopic (exact) mass is 296 g/mol. The van der Waals surface area contributed by atoms with Gasteiger partial charge in [0.05, 0.1) is 0 Å². The fourth-order valence-corrected chi connectivity index (χ4v) is 1.65. The van der Waals surface area contributed by atoms with Crippen LogP contribution in [0, 0.1) is 0 Å². The Kier molecular flexibility index (Phi) is 6.16. The van der Waals surface area contributed by atoms with E-state index in [0.717, 1.165) is 12.1 Å². The second-order valence-corrected chi connectivity index (χ2v) is 3.63. The van der Waals surface area contributed by atoms with Crippen LogP contribution >= 0.6 is 27.5 Å². The van der Waals surface area contributed by atoms with E-state index >= 15 is 0 Å². The summed E-state index contributed by atoms with van der Waals surface area (Å²) in [6, 6.07) is 3.32. The zero-order valence-electron chi connectivity index (χ0n) is 6.70. The molecular weight excluding hydrogens is 294 g/mol. The van der Waals surface area contributed by atoms with Gasteiger partial charge in [0.15, 0.2) is 0 Å². The van der Waals surface area contributed by atoms with Gasteiger partial charge in [0.1, 0.15) is 0 Å². The summed E-state index contributed by atoms with van der Waals surface area (Å²) in [5.74, 6) is 0. The Morgan fingerprint density at radius 1 is 1.15 bits per heavy atom. The van der Waals surface area contributed by atoms with Crippen LogP contribution in [0.4, 0.5) is 12.9 Å². The van der Waals surface area contributed by atoms with Crippen LogP contribution in [0.3, 0.4) is 0 Å². The number of rotatable bonds is 1. The zero-order valence-corrected chi connectivity index (χ0v) is 12.2. The summed E-state index contributed by atoms with van der Waals surface area (Å²) in [5.41, 5.74) is -0.686. The van der Waals surface area contributed by atoms with Crippen molar-refractivity contribution in [2.75, 3.05) is 0 Å². The third-order valence-corrected chi connectivity index (χ3v) is 1.94. The molecule has 0 heterocycles. The summed E-state index contributed by atoms with van der Waals surface area (Å²) in [6.07, 6.45) is 0. The van der Waals surface area contributed by atoms with Crippen molar-refractivity contribution in [3.05, 3.63) is 27.7 Å². The van der Waals surface area contributed by atoms with Gasteiger partial charge in [0.25, 0.3) is 0 Å². The first-order chi connectivity index (χ1) is 5.39. The topological polar surface area (TPSA) is 0 Å². The van der Waals surface area contributed by atoms with Crippen LogP contribution < -0.4 is 56.8 Å². The van der Waals surface area contributed by atoms with Gasteiger partial charge < -0.3 is 12.9 Å². The van der Waals surface area contributed by atoms with Gasteiger partial charge >= 0.3 is 58.4 Å². The predicted octanol–water partition coefficient (Wildman–Crippen LogP) is 0.161. The summed E-state index contributed by atoms with van der Waals surface area (Å²) in [7, 11) is 0. The van der Waals surface area contributed by atoms with Crippen molar-refractivity contribution < 1.29 is 64.3 Å². The Bertz CT molecular complexity index is 284. The average molecular weight is 297 g/mol. The predicted molar refractivity (Wildman–Crippen MR) is 47.9 cm³/mol. The average Bonchev–Trinajstić information content (AvgIpc) is 1.82. The first-order valence-corrected chi connectivity index (χ1v) is 4.22. The number of hydrogen-bond acceptors (Lipinski definition) is 0. The maximum Gasteiger partial charge on any atom is 1.00 e. The molecule has 7 heteroatoms. The smallest absolute Gasteiger partial charge is 0.445 e. The van der Waals surface area contributed by atoms with Crippen LogP contribution in [0.2, 0.25) is 5.02 Å². The molecule has 0 aliphatic heterocycles. The van der Waals surface area contributed by atoms with E-state index in [1.54, 1.807) is 0 Å². The Balaban J connectivity index is 0.00000144. The quantitative estimate of drug-likeness (QED) is 0.648. The molecule has 0 unspecified atom stereocenters. The summed E-state index contributed by atoms with van der Waals surface area (Å²) in [4.78, 5) is 0. The van der Waals surface area contributed by atoms with Crippen LogP contribution in [-0.4, -0.2) is 6.98 Å². The molecule has 0 amide bonds. The van der Waals surface area contributed by atoms with Crippen molar-refractivity contribution in [3.8, 4) is 0 Å². The van der Waals surface area contributed by atoms with Crippen molar-refractivity contribution in [2.24, 2.45) is 0 Å². The molecule has 13 heavy (non-hydrogen) atoms. The summed E-state index contributed by atoms with van der Waals surface area (Å²) >= 11 is 8.37. The zero-order chi connectivity index (χ0) is 9.35. The van der Waals surface area contributed by atoms with Crippen molar-refractivity contribution >= 4 is 40.0 Å². The molecule has 0 radical (unpaired) electrons. The van der Waals surface area contributed by atoms with E-state index in [2.05, 4.69) is 15.9 Å². The standard InChI is InChI=1S/C6H3BBrClF3.K/c8-5-1-4(7(10,11)12)2-6(9)3-5;/h1-3H;/q-1;+1. The second-order valence-electron chi connectivity index (χ2n) is 2.28. The third-order valence-electron chi connectivity index (χ3n) is 1.26. The van der Waals surface area contributed by atoms with Crippen molar-refractivity contribution in [3.63, 3.8) is 0 Å².